The topological polar surface area (TPSA) is 72.6 Å². The molecular formula is C3H9ClNO3P. The lowest BCUT2D eigenvalue weighted by molar-refractivity contribution is 0.377. The van der Waals surface area contributed by atoms with Gasteiger partial charge in [0.25, 0.3) is 0 Å². The minimum atomic E-state index is -3.72. The summed E-state index contributed by atoms with van der Waals surface area (Å²) in [4.78, 5) is 8.67. The normalized spacial score (nSPS) is 20.9. The largest absolute Gasteiger partial charge is 0.360 e. The zero-order valence-electron chi connectivity index (χ0n) is 4.95. The van der Waals surface area contributed by atoms with Crippen molar-refractivity contribution >= 4 is 19.5 Å². The molecule has 9 heavy (non-hydrogen) atoms. The van der Waals surface area contributed by atoms with Crippen molar-refractivity contribution in [1.82, 2.24) is 0 Å². The number of hydrogen-bond acceptors (Lipinski definition) is 3. The van der Waals surface area contributed by atoms with Crippen molar-refractivity contribution in [3.8, 4) is 0 Å². The molecule has 0 amide bonds. The maximum atomic E-state index is 10.6. The van der Waals surface area contributed by atoms with Gasteiger partial charge in [-0.2, -0.15) is 4.08 Å². The van der Waals surface area contributed by atoms with Gasteiger partial charge in [0.1, 0.15) is 5.78 Å². The summed E-state index contributed by atoms with van der Waals surface area (Å²) >= 11 is 4.67. The van der Waals surface area contributed by atoms with E-state index in [1.807, 2.05) is 0 Å². The van der Waals surface area contributed by atoms with E-state index in [0.29, 0.717) is 6.42 Å². The van der Waals surface area contributed by atoms with Crippen LogP contribution in [0.3, 0.4) is 0 Å². The fourth-order valence-electron chi connectivity index (χ4n) is 0.282. The summed E-state index contributed by atoms with van der Waals surface area (Å²) in [6.07, 6.45) is 0.362. The first-order valence-corrected chi connectivity index (χ1v) is 4.38. The fraction of sp³-hybridized carbons (Fsp3) is 1.00. The van der Waals surface area contributed by atoms with Gasteiger partial charge >= 0.3 is 7.60 Å². The summed E-state index contributed by atoms with van der Waals surface area (Å²) in [6.45, 7) is 1.67. The molecular weight excluding hydrogens is 164 g/mol. The van der Waals surface area contributed by atoms with E-state index in [1.165, 1.54) is 0 Å². The molecule has 3 N–H and O–H groups in total. The van der Waals surface area contributed by atoms with Gasteiger partial charge in [0.05, 0.1) is 11.9 Å². The van der Waals surface area contributed by atoms with Crippen molar-refractivity contribution in [3.05, 3.63) is 0 Å². The van der Waals surface area contributed by atoms with E-state index >= 15 is 0 Å². The Kier molecular flexibility index (Phi) is 3.70. The average molecular weight is 174 g/mol. The first kappa shape index (κ1) is 9.40. The van der Waals surface area contributed by atoms with E-state index in [0.717, 1.165) is 0 Å². The molecule has 0 bridgehead atoms. The fourth-order valence-corrected chi connectivity index (χ4v) is 1.15. The molecule has 2 atom stereocenters. The summed E-state index contributed by atoms with van der Waals surface area (Å²) in [7, 11) is -3.72. The second kappa shape index (κ2) is 3.54. The molecule has 0 aromatic rings. The molecule has 0 spiro atoms. The molecule has 4 nitrogen and oxygen atoms in total. The van der Waals surface area contributed by atoms with Gasteiger partial charge < -0.3 is 10.6 Å². The first-order valence-electron chi connectivity index (χ1n) is 2.43. The van der Waals surface area contributed by atoms with Crippen LogP contribution < -0.4 is 5.73 Å². The maximum Gasteiger partial charge on any atom is 0.360 e. The predicted octanol–water partition coefficient (Wildman–Crippen LogP) is 1.04. The molecule has 2 unspecified atom stereocenters. The second-order valence-electron chi connectivity index (χ2n) is 1.61. The van der Waals surface area contributed by atoms with Crippen molar-refractivity contribution in [2.24, 2.45) is 5.73 Å². The number of rotatable bonds is 3. The Labute approximate surface area is 58.7 Å². The van der Waals surface area contributed by atoms with Crippen LogP contribution in [0.25, 0.3) is 0 Å². The highest BCUT2D eigenvalue weighted by Crippen LogP contribution is 2.47. The zero-order valence-corrected chi connectivity index (χ0v) is 6.60. The van der Waals surface area contributed by atoms with E-state index in [4.69, 9.17) is 10.6 Å². The molecule has 0 saturated carbocycles. The Morgan fingerprint density at radius 3 is 2.56 bits per heavy atom. The third-order valence-electron chi connectivity index (χ3n) is 0.936. The Balaban J connectivity index is 3.98. The minimum absolute atomic E-state index is 0.362. The molecule has 0 heterocycles. The number of nitrogens with two attached hydrogens (primary N) is 1. The zero-order chi connectivity index (χ0) is 7.49. The highest BCUT2D eigenvalue weighted by Gasteiger charge is 2.26. The highest BCUT2D eigenvalue weighted by atomic mass is 35.5. The van der Waals surface area contributed by atoms with Crippen LogP contribution in [-0.4, -0.2) is 10.7 Å². The van der Waals surface area contributed by atoms with Crippen LogP contribution in [0.1, 0.15) is 13.3 Å². The standard InChI is InChI=1S/C3H9ClNO3P/c1-2-3(5)9(6,7)8-4/h3H,2,5H2,1H3,(H,6,7). The first-order chi connectivity index (χ1) is 4.04. The third kappa shape index (κ3) is 2.65. The summed E-state index contributed by atoms with van der Waals surface area (Å²) in [5, 5.41) is 0. The maximum absolute atomic E-state index is 10.6. The van der Waals surface area contributed by atoms with Crippen LogP contribution >= 0.6 is 19.5 Å². The molecule has 0 aromatic carbocycles. The summed E-state index contributed by atoms with van der Waals surface area (Å²) < 4.78 is 14.3. The van der Waals surface area contributed by atoms with Gasteiger partial charge in [-0.15, -0.1) is 0 Å². The second-order valence-corrected chi connectivity index (χ2v) is 3.95. The monoisotopic (exact) mass is 173 g/mol. The summed E-state index contributed by atoms with van der Waals surface area (Å²) in [5.41, 5.74) is 5.14. The molecule has 0 aliphatic carbocycles. The molecule has 0 radical (unpaired) electrons. The molecule has 0 aliphatic rings. The highest BCUT2D eigenvalue weighted by molar-refractivity contribution is 7.54. The molecule has 0 rings (SSSR count). The summed E-state index contributed by atoms with van der Waals surface area (Å²) in [5.74, 6) is -0.880. The van der Waals surface area contributed by atoms with Gasteiger partial charge in [-0.05, 0) is 6.42 Å². The van der Waals surface area contributed by atoms with Gasteiger partial charge in [0.2, 0.25) is 0 Å². The third-order valence-corrected chi connectivity index (χ3v) is 2.93. The predicted molar refractivity (Wildman–Crippen MR) is 35.0 cm³/mol. The molecule has 0 fully saturated rings. The SMILES string of the molecule is CCC(N)P(=O)(O)OCl. The van der Waals surface area contributed by atoms with E-state index < -0.39 is 13.4 Å². The van der Waals surface area contributed by atoms with Gasteiger partial charge in [-0.25, -0.2) is 0 Å². The lowest BCUT2D eigenvalue weighted by Gasteiger charge is -2.11. The Morgan fingerprint density at radius 2 is 2.44 bits per heavy atom. The van der Waals surface area contributed by atoms with Crippen molar-refractivity contribution in [2.75, 3.05) is 0 Å². The quantitative estimate of drug-likeness (QED) is 0.626. The van der Waals surface area contributed by atoms with Gasteiger partial charge in [0, 0.05) is 0 Å². The van der Waals surface area contributed by atoms with Gasteiger partial charge in [-0.3, -0.25) is 4.57 Å². The Morgan fingerprint density at radius 1 is 2.00 bits per heavy atom. The van der Waals surface area contributed by atoms with Crippen molar-refractivity contribution in [1.29, 1.82) is 0 Å². The van der Waals surface area contributed by atoms with Crippen LogP contribution in [0.5, 0.6) is 0 Å². The lowest BCUT2D eigenvalue weighted by atomic mass is 10.5. The van der Waals surface area contributed by atoms with Crippen molar-refractivity contribution < 1.29 is 13.5 Å². The summed E-state index contributed by atoms with van der Waals surface area (Å²) in [6, 6.07) is 0. The lowest BCUT2D eigenvalue weighted by Crippen LogP contribution is -2.18. The molecule has 0 saturated heterocycles. The van der Waals surface area contributed by atoms with Crippen LogP contribution in [0, 0.1) is 0 Å². The van der Waals surface area contributed by atoms with Crippen molar-refractivity contribution in [3.63, 3.8) is 0 Å². The van der Waals surface area contributed by atoms with Crippen LogP contribution in [-0.2, 0) is 8.64 Å². The van der Waals surface area contributed by atoms with Crippen LogP contribution in [0.15, 0.2) is 0 Å². The van der Waals surface area contributed by atoms with Crippen LogP contribution in [0.4, 0.5) is 0 Å². The molecule has 0 aromatic heterocycles. The van der Waals surface area contributed by atoms with Gasteiger partial charge in [-0.1, -0.05) is 6.92 Å². The van der Waals surface area contributed by atoms with Crippen molar-refractivity contribution in [2.45, 2.75) is 19.1 Å². The molecule has 0 aliphatic heterocycles. The van der Waals surface area contributed by atoms with E-state index in [1.54, 1.807) is 6.92 Å². The Hall–Kier alpha value is 0.400. The van der Waals surface area contributed by atoms with E-state index in [2.05, 4.69) is 15.9 Å². The smallest absolute Gasteiger partial charge is 0.322 e. The van der Waals surface area contributed by atoms with E-state index in [-0.39, 0.29) is 0 Å². The average Bonchev–Trinajstić information content (AvgIpc) is 1.86. The van der Waals surface area contributed by atoms with Crippen LogP contribution in [0.2, 0.25) is 0 Å². The minimum Gasteiger partial charge on any atom is -0.322 e. The number of hydrogen-bond donors (Lipinski definition) is 2. The van der Waals surface area contributed by atoms with E-state index in [9.17, 15) is 4.57 Å². The molecule has 56 valence electrons. The number of halogens is 1. The molecule has 6 heteroatoms. The van der Waals surface area contributed by atoms with Gasteiger partial charge in [0.15, 0.2) is 0 Å². The Bertz CT molecular complexity index is 130.